The Morgan fingerprint density at radius 3 is 2.77 bits per heavy atom. The van der Waals surface area contributed by atoms with Gasteiger partial charge in [0.15, 0.2) is 11.4 Å². The third-order valence-corrected chi connectivity index (χ3v) is 3.83. The summed E-state index contributed by atoms with van der Waals surface area (Å²) in [5.74, 6) is 3.46. The first-order chi connectivity index (χ1) is 10.7. The summed E-state index contributed by atoms with van der Waals surface area (Å²) in [6.45, 7) is 4.59. The van der Waals surface area contributed by atoms with Gasteiger partial charge in [-0.15, -0.1) is 12.3 Å². The Hall–Kier alpha value is -2.73. The van der Waals surface area contributed by atoms with Crippen LogP contribution in [0.1, 0.15) is 22.5 Å². The zero-order chi connectivity index (χ0) is 15.5. The average molecular weight is 290 g/mol. The molecule has 0 N–H and O–H groups in total. The maximum Gasteiger partial charge on any atom is 0.180 e. The lowest BCUT2D eigenvalue weighted by Gasteiger charge is -2.09. The topological polar surface area (TPSA) is 26.5 Å². The molecule has 0 aliphatic rings. The van der Waals surface area contributed by atoms with E-state index in [0.717, 1.165) is 22.8 Å². The second-order valence-corrected chi connectivity index (χ2v) is 5.31. The highest BCUT2D eigenvalue weighted by molar-refractivity contribution is 5.56. The van der Waals surface area contributed by atoms with Crippen LogP contribution in [0.3, 0.4) is 0 Å². The quantitative estimate of drug-likeness (QED) is 0.685. The summed E-state index contributed by atoms with van der Waals surface area (Å²) in [5.41, 5.74) is 5.21. The summed E-state index contributed by atoms with van der Waals surface area (Å²) in [6, 6.07) is 12.1. The van der Waals surface area contributed by atoms with Crippen molar-refractivity contribution in [1.82, 2.24) is 9.38 Å². The number of hydrogen-bond donors (Lipinski definition) is 0. The van der Waals surface area contributed by atoms with Crippen molar-refractivity contribution in [2.75, 3.05) is 0 Å². The van der Waals surface area contributed by atoms with Gasteiger partial charge in [0.05, 0.1) is 17.8 Å². The van der Waals surface area contributed by atoms with Gasteiger partial charge in [-0.25, -0.2) is 4.98 Å². The van der Waals surface area contributed by atoms with Gasteiger partial charge in [-0.2, -0.15) is 0 Å². The molecule has 0 bridgehead atoms. The lowest BCUT2D eigenvalue weighted by atomic mass is 10.1. The molecule has 3 nitrogen and oxygen atoms in total. The summed E-state index contributed by atoms with van der Waals surface area (Å²) in [5, 5.41) is 0. The summed E-state index contributed by atoms with van der Waals surface area (Å²) >= 11 is 0. The molecule has 0 amide bonds. The van der Waals surface area contributed by atoms with E-state index in [9.17, 15) is 0 Å². The highest BCUT2D eigenvalue weighted by Gasteiger charge is 2.12. The lowest BCUT2D eigenvalue weighted by Crippen LogP contribution is -2.00. The molecule has 0 radical (unpaired) electrons. The Morgan fingerprint density at radius 1 is 1.18 bits per heavy atom. The monoisotopic (exact) mass is 290 g/mol. The molecule has 2 aromatic heterocycles. The number of benzene rings is 1. The first kappa shape index (κ1) is 14.2. The summed E-state index contributed by atoms with van der Waals surface area (Å²) in [4.78, 5) is 4.61. The second kappa shape index (κ2) is 5.95. The van der Waals surface area contributed by atoms with Crippen molar-refractivity contribution < 1.29 is 4.74 Å². The molecule has 3 aromatic rings. The van der Waals surface area contributed by atoms with Gasteiger partial charge in [-0.1, -0.05) is 24.3 Å². The van der Waals surface area contributed by atoms with E-state index in [-0.39, 0.29) is 0 Å². The Morgan fingerprint density at radius 2 is 2.00 bits per heavy atom. The second-order valence-electron chi connectivity index (χ2n) is 5.31. The number of rotatable bonds is 4. The van der Waals surface area contributed by atoms with E-state index < -0.39 is 0 Å². The predicted octanol–water partition coefficient (Wildman–Crippen LogP) is 3.71. The van der Waals surface area contributed by atoms with Crippen LogP contribution in [-0.4, -0.2) is 9.38 Å². The van der Waals surface area contributed by atoms with Crippen LogP contribution in [0.4, 0.5) is 0 Å². The average Bonchev–Trinajstić information content (AvgIpc) is 2.84. The van der Waals surface area contributed by atoms with E-state index in [1.54, 1.807) is 0 Å². The minimum Gasteiger partial charge on any atom is -0.485 e. The highest BCUT2D eigenvalue weighted by Crippen LogP contribution is 2.23. The standard InChI is InChI=1S/C19H18N2O/c1-4-8-17-15(3)20-19-18(11-7-12-21(17)19)22-13-16-10-6-5-9-14(16)2/h1,5-7,9-12H,8,13H2,2-3H3. The van der Waals surface area contributed by atoms with Crippen LogP contribution in [0.2, 0.25) is 0 Å². The molecule has 3 heteroatoms. The number of hydrogen-bond acceptors (Lipinski definition) is 2. The normalized spacial score (nSPS) is 10.6. The van der Waals surface area contributed by atoms with Crippen molar-refractivity contribution in [3.8, 4) is 18.1 Å². The molecular weight excluding hydrogens is 272 g/mol. The molecule has 0 aliphatic carbocycles. The fraction of sp³-hybridized carbons (Fsp3) is 0.211. The molecule has 22 heavy (non-hydrogen) atoms. The van der Waals surface area contributed by atoms with Crippen molar-refractivity contribution in [2.45, 2.75) is 26.9 Å². The third-order valence-electron chi connectivity index (χ3n) is 3.83. The van der Waals surface area contributed by atoms with Gasteiger partial charge in [-0.3, -0.25) is 4.40 Å². The first-order valence-corrected chi connectivity index (χ1v) is 7.28. The van der Waals surface area contributed by atoms with Crippen molar-refractivity contribution in [1.29, 1.82) is 0 Å². The van der Waals surface area contributed by atoms with E-state index >= 15 is 0 Å². The van der Waals surface area contributed by atoms with Crippen LogP contribution < -0.4 is 4.74 Å². The Balaban J connectivity index is 1.93. The van der Waals surface area contributed by atoms with E-state index in [0.29, 0.717) is 13.0 Å². The van der Waals surface area contributed by atoms with Crippen molar-refractivity contribution >= 4 is 5.65 Å². The van der Waals surface area contributed by atoms with Gasteiger partial charge >= 0.3 is 0 Å². The predicted molar refractivity (Wildman–Crippen MR) is 88.0 cm³/mol. The zero-order valence-electron chi connectivity index (χ0n) is 12.8. The van der Waals surface area contributed by atoms with Crippen molar-refractivity contribution in [3.05, 3.63) is 65.1 Å². The van der Waals surface area contributed by atoms with Gasteiger partial charge in [0.25, 0.3) is 0 Å². The molecule has 0 fully saturated rings. The Bertz CT molecular complexity index is 855. The van der Waals surface area contributed by atoms with Crippen molar-refractivity contribution in [2.24, 2.45) is 0 Å². The fourth-order valence-corrected chi connectivity index (χ4v) is 2.55. The molecule has 110 valence electrons. The van der Waals surface area contributed by atoms with Crippen molar-refractivity contribution in [3.63, 3.8) is 0 Å². The fourth-order valence-electron chi connectivity index (χ4n) is 2.55. The zero-order valence-corrected chi connectivity index (χ0v) is 12.8. The third kappa shape index (κ3) is 2.56. The molecule has 0 saturated heterocycles. The smallest absolute Gasteiger partial charge is 0.180 e. The molecule has 1 aromatic carbocycles. The summed E-state index contributed by atoms with van der Waals surface area (Å²) in [6.07, 6.45) is 7.99. The number of imidazole rings is 1. The molecule has 3 rings (SSSR count). The molecule has 2 heterocycles. The lowest BCUT2D eigenvalue weighted by molar-refractivity contribution is 0.307. The number of nitrogens with zero attached hydrogens (tertiary/aromatic N) is 2. The number of aromatic nitrogens is 2. The number of fused-ring (bicyclic) bond motifs is 1. The van der Waals surface area contributed by atoms with Crippen LogP contribution in [0.15, 0.2) is 42.6 Å². The SMILES string of the molecule is C#CCc1c(C)nc2c(OCc3ccccc3C)cccn12. The minimum absolute atomic E-state index is 0.530. The van der Waals surface area contributed by atoms with E-state index in [2.05, 4.69) is 30.0 Å². The maximum absolute atomic E-state index is 6.00. The summed E-state index contributed by atoms with van der Waals surface area (Å²) in [7, 11) is 0. The van der Waals surface area contributed by atoms with Gasteiger partial charge in [-0.05, 0) is 37.1 Å². The van der Waals surface area contributed by atoms with Gasteiger partial charge < -0.3 is 4.74 Å². The first-order valence-electron chi connectivity index (χ1n) is 7.28. The molecule has 0 spiro atoms. The Labute approximate surface area is 130 Å². The number of terminal acetylenes is 1. The molecule has 0 unspecified atom stereocenters. The Kier molecular flexibility index (Phi) is 3.84. The molecular formula is C19H18N2O. The van der Waals surface area contributed by atoms with Crippen LogP contribution in [0, 0.1) is 26.2 Å². The minimum atomic E-state index is 0.530. The van der Waals surface area contributed by atoms with Crippen LogP contribution in [0.5, 0.6) is 5.75 Å². The number of ether oxygens (including phenoxy) is 1. The van der Waals surface area contributed by atoms with E-state index in [1.807, 2.05) is 41.8 Å². The van der Waals surface area contributed by atoms with Gasteiger partial charge in [0.2, 0.25) is 0 Å². The molecule has 0 aliphatic heterocycles. The molecule has 0 saturated carbocycles. The van der Waals surface area contributed by atoms with Gasteiger partial charge in [0, 0.05) is 6.20 Å². The maximum atomic E-state index is 6.00. The highest BCUT2D eigenvalue weighted by atomic mass is 16.5. The largest absolute Gasteiger partial charge is 0.485 e. The van der Waals surface area contributed by atoms with Crippen LogP contribution >= 0.6 is 0 Å². The van der Waals surface area contributed by atoms with E-state index in [1.165, 1.54) is 11.1 Å². The van der Waals surface area contributed by atoms with Crippen LogP contribution in [0.25, 0.3) is 5.65 Å². The number of aryl methyl sites for hydroxylation is 2. The van der Waals surface area contributed by atoms with Crippen LogP contribution in [-0.2, 0) is 13.0 Å². The summed E-state index contributed by atoms with van der Waals surface area (Å²) < 4.78 is 8.01. The van der Waals surface area contributed by atoms with E-state index in [4.69, 9.17) is 11.2 Å². The number of pyridine rings is 1. The van der Waals surface area contributed by atoms with Gasteiger partial charge in [0.1, 0.15) is 6.61 Å². The molecule has 0 atom stereocenters.